The van der Waals surface area contributed by atoms with E-state index in [-0.39, 0.29) is 12.5 Å². The molecule has 0 saturated heterocycles. The van der Waals surface area contributed by atoms with Crippen molar-refractivity contribution in [2.24, 2.45) is 0 Å². The first-order valence-electron chi connectivity index (χ1n) is 5.24. The number of nitrogens with one attached hydrogen (secondary N) is 1. The van der Waals surface area contributed by atoms with E-state index in [9.17, 15) is 9.59 Å². The van der Waals surface area contributed by atoms with Gasteiger partial charge in [0.15, 0.2) is 0 Å². The van der Waals surface area contributed by atoms with Gasteiger partial charge in [0.2, 0.25) is 0 Å². The molecule has 0 aliphatic rings. The second-order valence-corrected chi connectivity index (χ2v) is 3.88. The largest absolute Gasteiger partial charge is 0.465 e. The van der Waals surface area contributed by atoms with Gasteiger partial charge >= 0.3 is 5.97 Å². The summed E-state index contributed by atoms with van der Waals surface area (Å²) in [6.45, 7) is 3.66. The maximum atomic E-state index is 11.7. The zero-order chi connectivity index (χ0) is 12.8. The van der Waals surface area contributed by atoms with Gasteiger partial charge in [0.1, 0.15) is 6.54 Å². The number of halogens is 1. The first-order chi connectivity index (χ1) is 8.04. The molecule has 4 nitrogen and oxygen atoms in total. The molecule has 1 aromatic carbocycles. The molecular weight excluding hydrogens is 242 g/mol. The van der Waals surface area contributed by atoms with E-state index in [4.69, 9.17) is 16.3 Å². The van der Waals surface area contributed by atoms with Crippen LogP contribution in [0.1, 0.15) is 22.8 Å². The fraction of sp³-hybridized carbons (Fsp3) is 0.333. The first-order valence-corrected chi connectivity index (χ1v) is 5.62. The molecule has 1 rings (SSSR count). The Morgan fingerprint density at radius 2 is 2.12 bits per heavy atom. The summed E-state index contributed by atoms with van der Waals surface area (Å²) < 4.78 is 4.70. The molecule has 1 N–H and O–H groups in total. The number of hydrogen-bond acceptors (Lipinski definition) is 3. The number of aryl methyl sites for hydroxylation is 1. The molecule has 0 heterocycles. The third-order valence-corrected chi connectivity index (χ3v) is 2.37. The monoisotopic (exact) mass is 255 g/mol. The van der Waals surface area contributed by atoms with Crippen LogP contribution < -0.4 is 5.32 Å². The van der Waals surface area contributed by atoms with Crippen molar-refractivity contribution in [3.63, 3.8) is 0 Å². The molecule has 0 bridgehead atoms. The minimum Gasteiger partial charge on any atom is -0.465 e. The summed E-state index contributed by atoms with van der Waals surface area (Å²) in [4.78, 5) is 22.8. The van der Waals surface area contributed by atoms with Crippen LogP contribution in [0.15, 0.2) is 18.2 Å². The Kier molecular flexibility index (Phi) is 4.97. The summed E-state index contributed by atoms with van der Waals surface area (Å²) in [6, 6.07) is 4.95. The summed E-state index contributed by atoms with van der Waals surface area (Å²) in [5.41, 5.74) is 1.26. The van der Waals surface area contributed by atoms with Gasteiger partial charge in [0.25, 0.3) is 5.91 Å². The lowest BCUT2D eigenvalue weighted by Gasteiger charge is -2.07. The number of ether oxygens (including phenoxy) is 1. The first kappa shape index (κ1) is 13.5. The average Bonchev–Trinajstić information content (AvgIpc) is 2.26. The Labute approximate surface area is 105 Å². The van der Waals surface area contributed by atoms with E-state index in [1.165, 1.54) is 0 Å². The van der Waals surface area contributed by atoms with Crippen molar-refractivity contribution in [1.29, 1.82) is 0 Å². The zero-order valence-electron chi connectivity index (χ0n) is 9.75. The lowest BCUT2D eigenvalue weighted by Crippen LogP contribution is -2.31. The van der Waals surface area contributed by atoms with Crippen molar-refractivity contribution in [3.05, 3.63) is 34.3 Å². The van der Waals surface area contributed by atoms with Gasteiger partial charge in [0, 0.05) is 10.6 Å². The normalized spacial score (nSPS) is 9.82. The fourth-order valence-electron chi connectivity index (χ4n) is 1.34. The van der Waals surface area contributed by atoms with E-state index in [1.54, 1.807) is 32.0 Å². The summed E-state index contributed by atoms with van der Waals surface area (Å²) in [5, 5.41) is 3.06. The van der Waals surface area contributed by atoms with Gasteiger partial charge in [-0.2, -0.15) is 0 Å². The predicted molar refractivity (Wildman–Crippen MR) is 65.2 cm³/mol. The second kappa shape index (κ2) is 6.25. The van der Waals surface area contributed by atoms with Crippen LogP contribution in [-0.4, -0.2) is 25.0 Å². The molecule has 17 heavy (non-hydrogen) atoms. The van der Waals surface area contributed by atoms with Crippen LogP contribution in [-0.2, 0) is 9.53 Å². The summed E-state index contributed by atoms with van der Waals surface area (Å²) >= 11 is 5.78. The summed E-state index contributed by atoms with van der Waals surface area (Å²) in [6.07, 6.45) is 0. The topological polar surface area (TPSA) is 55.4 Å². The Morgan fingerprint density at radius 3 is 2.71 bits per heavy atom. The van der Waals surface area contributed by atoms with Crippen LogP contribution in [0.5, 0.6) is 0 Å². The number of hydrogen-bond donors (Lipinski definition) is 1. The fourth-order valence-corrected chi connectivity index (χ4v) is 1.57. The number of amides is 1. The molecule has 0 aromatic heterocycles. The zero-order valence-corrected chi connectivity index (χ0v) is 10.5. The summed E-state index contributed by atoms with van der Waals surface area (Å²) in [7, 11) is 0. The van der Waals surface area contributed by atoms with E-state index in [0.717, 1.165) is 5.56 Å². The Morgan fingerprint density at radius 1 is 1.41 bits per heavy atom. The molecule has 5 heteroatoms. The number of benzene rings is 1. The van der Waals surface area contributed by atoms with Crippen molar-refractivity contribution in [3.8, 4) is 0 Å². The molecular formula is C12H14ClNO3. The van der Waals surface area contributed by atoms with Crippen molar-refractivity contribution in [2.75, 3.05) is 13.2 Å². The van der Waals surface area contributed by atoms with E-state index in [1.807, 2.05) is 0 Å². The third kappa shape index (κ3) is 4.07. The summed E-state index contributed by atoms with van der Waals surface area (Å²) in [5.74, 6) is -0.764. The van der Waals surface area contributed by atoms with Crippen molar-refractivity contribution in [2.45, 2.75) is 13.8 Å². The van der Waals surface area contributed by atoms with E-state index >= 15 is 0 Å². The SMILES string of the molecule is CCOC(=O)CNC(=O)c1ccc(Cl)cc1C. The van der Waals surface area contributed by atoms with Gasteiger partial charge in [-0.3, -0.25) is 9.59 Å². The lowest BCUT2D eigenvalue weighted by molar-refractivity contribution is -0.141. The lowest BCUT2D eigenvalue weighted by atomic mass is 10.1. The van der Waals surface area contributed by atoms with E-state index < -0.39 is 5.97 Å². The molecule has 0 aliphatic carbocycles. The van der Waals surface area contributed by atoms with Gasteiger partial charge < -0.3 is 10.1 Å². The van der Waals surface area contributed by atoms with Gasteiger partial charge in [0.05, 0.1) is 6.61 Å². The highest BCUT2D eigenvalue weighted by Gasteiger charge is 2.10. The van der Waals surface area contributed by atoms with Crippen LogP contribution in [0.4, 0.5) is 0 Å². The maximum absolute atomic E-state index is 11.7. The van der Waals surface area contributed by atoms with Crippen molar-refractivity contribution in [1.82, 2.24) is 5.32 Å². The van der Waals surface area contributed by atoms with E-state index in [2.05, 4.69) is 5.32 Å². The molecule has 0 fully saturated rings. The van der Waals surface area contributed by atoms with Crippen molar-refractivity contribution < 1.29 is 14.3 Å². The molecule has 0 atom stereocenters. The second-order valence-electron chi connectivity index (χ2n) is 3.45. The molecule has 0 radical (unpaired) electrons. The Bertz CT molecular complexity index is 432. The Balaban J connectivity index is 2.61. The van der Waals surface area contributed by atoms with Crippen LogP contribution >= 0.6 is 11.6 Å². The molecule has 0 aliphatic heterocycles. The molecule has 0 spiro atoms. The maximum Gasteiger partial charge on any atom is 0.325 e. The minimum absolute atomic E-state index is 0.130. The average molecular weight is 256 g/mol. The van der Waals surface area contributed by atoms with Gasteiger partial charge in [-0.05, 0) is 37.6 Å². The highest BCUT2D eigenvalue weighted by molar-refractivity contribution is 6.30. The van der Waals surface area contributed by atoms with Gasteiger partial charge in [-0.15, -0.1) is 0 Å². The third-order valence-electron chi connectivity index (χ3n) is 2.13. The number of carbonyl (C=O) groups is 2. The highest BCUT2D eigenvalue weighted by Crippen LogP contribution is 2.14. The quantitative estimate of drug-likeness (QED) is 0.837. The van der Waals surface area contributed by atoms with Crippen LogP contribution in [0.2, 0.25) is 5.02 Å². The van der Waals surface area contributed by atoms with Gasteiger partial charge in [-0.25, -0.2) is 0 Å². The Hall–Kier alpha value is -1.55. The number of carbonyl (C=O) groups excluding carboxylic acids is 2. The molecule has 0 saturated carbocycles. The van der Waals surface area contributed by atoms with Gasteiger partial charge in [-0.1, -0.05) is 11.6 Å². The van der Waals surface area contributed by atoms with Crippen molar-refractivity contribution >= 4 is 23.5 Å². The van der Waals surface area contributed by atoms with Crippen LogP contribution in [0.25, 0.3) is 0 Å². The van der Waals surface area contributed by atoms with Crippen LogP contribution in [0, 0.1) is 6.92 Å². The van der Waals surface area contributed by atoms with E-state index in [0.29, 0.717) is 17.2 Å². The smallest absolute Gasteiger partial charge is 0.325 e. The highest BCUT2D eigenvalue weighted by atomic mass is 35.5. The van der Waals surface area contributed by atoms with Crippen LogP contribution in [0.3, 0.4) is 0 Å². The molecule has 1 aromatic rings. The molecule has 1 amide bonds. The standard InChI is InChI=1S/C12H14ClNO3/c1-3-17-11(15)7-14-12(16)10-5-4-9(13)6-8(10)2/h4-6H,3,7H2,1-2H3,(H,14,16). The molecule has 92 valence electrons. The predicted octanol–water partition coefficient (Wildman–Crippen LogP) is 1.94. The number of esters is 1. The molecule has 0 unspecified atom stereocenters. The minimum atomic E-state index is -0.451. The number of rotatable bonds is 4.